The third kappa shape index (κ3) is 3.84. The Morgan fingerprint density at radius 3 is 2.25 bits per heavy atom. The largest absolute Gasteiger partial charge is 0.497 e. The average Bonchev–Trinajstić information content (AvgIpc) is 2.64. The van der Waals surface area contributed by atoms with Crippen LogP contribution < -0.4 is 15.0 Å². The van der Waals surface area contributed by atoms with Gasteiger partial charge in [-0.15, -0.1) is 0 Å². The highest BCUT2D eigenvalue weighted by molar-refractivity contribution is 5.63. The molecule has 3 rings (SSSR count). The minimum atomic E-state index is -0.0380. The first-order chi connectivity index (χ1) is 11.8. The predicted octanol–water partition coefficient (Wildman–Crippen LogP) is 3.60. The summed E-state index contributed by atoms with van der Waals surface area (Å²) in [6.07, 6.45) is 1.86. The minimum absolute atomic E-state index is 0.0380. The van der Waals surface area contributed by atoms with Gasteiger partial charge in [-0.3, -0.25) is 4.79 Å². The molecule has 4 nitrogen and oxygen atoms in total. The number of hydrogen-bond donors (Lipinski definition) is 0. The molecule has 0 atom stereocenters. The number of aromatic nitrogens is 1. The van der Waals surface area contributed by atoms with Gasteiger partial charge in [0.1, 0.15) is 18.1 Å². The summed E-state index contributed by atoms with van der Waals surface area (Å²) < 4.78 is 12.5. The van der Waals surface area contributed by atoms with E-state index >= 15 is 0 Å². The quantitative estimate of drug-likeness (QED) is 0.696. The van der Waals surface area contributed by atoms with Crippen LogP contribution in [0.4, 0.5) is 0 Å². The third-order valence-electron chi connectivity index (χ3n) is 3.75. The molecule has 0 spiro atoms. The van der Waals surface area contributed by atoms with E-state index in [2.05, 4.69) is 0 Å². The molecule has 122 valence electrons. The Bertz CT molecular complexity index is 839. The predicted molar refractivity (Wildman–Crippen MR) is 94.6 cm³/mol. The molecule has 0 bridgehead atoms. The average molecular weight is 321 g/mol. The van der Waals surface area contributed by atoms with Crippen LogP contribution in [0.5, 0.6) is 11.5 Å². The third-order valence-corrected chi connectivity index (χ3v) is 3.75. The van der Waals surface area contributed by atoms with E-state index in [4.69, 9.17) is 9.47 Å². The lowest BCUT2D eigenvalue weighted by Crippen LogP contribution is -2.21. The van der Waals surface area contributed by atoms with Crippen molar-refractivity contribution in [2.75, 3.05) is 13.7 Å². The summed E-state index contributed by atoms with van der Waals surface area (Å²) in [4.78, 5) is 12.0. The molecule has 3 aromatic rings. The Kier molecular flexibility index (Phi) is 4.96. The van der Waals surface area contributed by atoms with Gasteiger partial charge in [0.25, 0.3) is 5.56 Å². The molecule has 1 heterocycles. The first-order valence-electron chi connectivity index (χ1n) is 7.79. The lowest BCUT2D eigenvalue weighted by Gasteiger charge is -2.10. The normalized spacial score (nSPS) is 10.4. The zero-order valence-corrected chi connectivity index (χ0v) is 13.5. The fraction of sp³-hybridized carbons (Fsp3) is 0.150. The molecule has 0 aliphatic heterocycles. The number of nitrogens with zero attached hydrogens (tertiary/aromatic N) is 1. The van der Waals surface area contributed by atoms with Crippen LogP contribution in [0.2, 0.25) is 0 Å². The Hall–Kier alpha value is -3.01. The molecular formula is C20H19NO3. The standard InChI is InChI=1S/C20H19NO3/c1-23-18-10-7-16(8-11-18)17-9-12-20(22)21(15-17)13-14-24-19-5-3-2-4-6-19/h2-12,15H,13-14H2,1H3. The molecule has 0 N–H and O–H groups in total. The van der Waals surface area contributed by atoms with Crippen molar-refractivity contribution in [2.45, 2.75) is 6.54 Å². The molecular weight excluding hydrogens is 302 g/mol. The zero-order valence-electron chi connectivity index (χ0n) is 13.5. The van der Waals surface area contributed by atoms with Gasteiger partial charge < -0.3 is 14.0 Å². The number of hydrogen-bond acceptors (Lipinski definition) is 3. The second-order valence-corrected chi connectivity index (χ2v) is 5.34. The molecule has 4 heteroatoms. The number of ether oxygens (including phenoxy) is 2. The molecule has 0 fully saturated rings. The number of rotatable bonds is 6. The van der Waals surface area contributed by atoms with Gasteiger partial charge in [0, 0.05) is 12.3 Å². The Labute approximate surface area is 140 Å². The van der Waals surface area contributed by atoms with Crippen LogP contribution in [-0.2, 0) is 6.54 Å². The number of benzene rings is 2. The van der Waals surface area contributed by atoms with E-state index in [1.807, 2.05) is 66.9 Å². The topological polar surface area (TPSA) is 40.5 Å². The van der Waals surface area contributed by atoms with E-state index < -0.39 is 0 Å². The molecule has 1 aromatic heterocycles. The summed E-state index contributed by atoms with van der Waals surface area (Å²) in [5.74, 6) is 1.61. The first-order valence-corrected chi connectivity index (χ1v) is 7.79. The van der Waals surface area contributed by atoms with E-state index in [-0.39, 0.29) is 5.56 Å². The Morgan fingerprint density at radius 1 is 0.833 bits per heavy atom. The number of pyridine rings is 1. The van der Waals surface area contributed by atoms with Gasteiger partial charge >= 0.3 is 0 Å². The summed E-state index contributed by atoms with van der Waals surface area (Å²) >= 11 is 0. The molecule has 0 aliphatic rings. The van der Waals surface area contributed by atoms with Gasteiger partial charge in [-0.1, -0.05) is 30.3 Å². The smallest absolute Gasteiger partial charge is 0.250 e. The van der Waals surface area contributed by atoms with E-state index in [0.717, 1.165) is 22.6 Å². The summed E-state index contributed by atoms with van der Waals surface area (Å²) in [5.41, 5.74) is 1.98. The van der Waals surface area contributed by atoms with E-state index in [9.17, 15) is 4.79 Å². The van der Waals surface area contributed by atoms with Gasteiger partial charge in [-0.05, 0) is 41.5 Å². The molecule has 24 heavy (non-hydrogen) atoms. The highest BCUT2D eigenvalue weighted by atomic mass is 16.5. The van der Waals surface area contributed by atoms with Crippen molar-refractivity contribution >= 4 is 0 Å². The lowest BCUT2D eigenvalue weighted by molar-refractivity contribution is 0.296. The van der Waals surface area contributed by atoms with Crippen molar-refractivity contribution in [3.8, 4) is 22.6 Å². The summed E-state index contributed by atoms with van der Waals surface area (Å²) in [6.45, 7) is 0.938. The van der Waals surface area contributed by atoms with Crippen LogP contribution in [-0.4, -0.2) is 18.3 Å². The monoisotopic (exact) mass is 321 g/mol. The van der Waals surface area contributed by atoms with E-state index in [1.54, 1.807) is 17.7 Å². The van der Waals surface area contributed by atoms with Gasteiger partial charge in [0.05, 0.1) is 13.7 Å². The van der Waals surface area contributed by atoms with Crippen LogP contribution in [0.25, 0.3) is 11.1 Å². The molecule has 0 saturated heterocycles. The maximum atomic E-state index is 12.0. The molecule has 0 unspecified atom stereocenters. The molecule has 0 radical (unpaired) electrons. The van der Waals surface area contributed by atoms with Gasteiger partial charge in [0.15, 0.2) is 0 Å². The van der Waals surface area contributed by atoms with E-state index in [0.29, 0.717) is 13.2 Å². The Morgan fingerprint density at radius 2 is 1.54 bits per heavy atom. The fourth-order valence-electron chi connectivity index (χ4n) is 2.44. The van der Waals surface area contributed by atoms with Crippen molar-refractivity contribution in [3.05, 3.63) is 83.3 Å². The molecule has 2 aromatic carbocycles. The maximum Gasteiger partial charge on any atom is 0.250 e. The minimum Gasteiger partial charge on any atom is -0.497 e. The van der Waals surface area contributed by atoms with Crippen molar-refractivity contribution in [2.24, 2.45) is 0 Å². The van der Waals surface area contributed by atoms with Crippen LogP contribution in [0.3, 0.4) is 0 Å². The Balaban J connectivity index is 1.72. The summed E-state index contributed by atoms with van der Waals surface area (Å²) in [7, 11) is 1.64. The van der Waals surface area contributed by atoms with Crippen molar-refractivity contribution < 1.29 is 9.47 Å². The van der Waals surface area contributed by atoms with Crippen LogP contribution in [0.1, 0.15) is 0 Å². The van der Waals surface area contributed by atoms with Gasteiger partial charge in [-0.25, -0.2) is 0 Å². The van der Waals surface area contributed by atoms with Crippen molar-refractivity contribution in [1.29, 1.82) is 0 Å². The van der Waals surface area contributed by atoms with Crippen LogP contribution >= 0.6 is 0 Å². The first kappa shape index (κ1) is 15.9. The highest BCUT2D eigenvalue weighted by Crippen LogP contribution is 2.21. The summed E-state index contributed by atoms with van der Waals surface area (Å²) in [6, 6.07) is 20.8. The van der Waals surface area contributed by atoms with E-state index in [1.165, 1.54) is 0 Å². The second kappa shape index (κ2) is 7.51. The SMILES string of the molecule is COc1ccc(-c2ccc(=O)n(CCOc3ccccc3)c2)cc1. The molecule has 0 aliphatic carbocycles. The van der Waals surface area contributed by atoms with Crippen molar-refractivity contribution in [3.63, 3.8) is 0 Å². The number of para-hydroxylation sites is 1. The highest BCUT2D eigenvalue weighted by Gasteiger charge is 2.03. The van der Waals surface area contributed by atoms with Gasteiger partial charge in [0.2, 0.25) is 0 Å². The van der Waals surface area contributed by atoms with Crippen LogP contribution in [0.15, 0.2) is 77.7 Å². The number of methoxy groups -OCH3 is 1. The molecule has 0 saturated carbocycles. The summed E-state index contributed by atoms with van der Waals surface area (Å²) in [5, 5.41) is 0. The van der Waals surface area contributed by atoms with Crippen LogP contribution in [0, 0.1) is 0 Å². The van der Waals surface area contributed by atoms with Gasteiger partial charge in [-0.2, -0.15) is 0 Å². The second-order valence-electron chi connectivity index (χ2n) is 5.34. The fourth-order valence-corrected chi connectivity index (χ4v) is 2.44. The maximum absolute atomic E-state index is 12.0. The van der Waals surface area contributed by atoms with Crippen molar-refractivity contribution in [1.82, 2.24) is 4.57 Å². The zero-order chi connectivity index (χ0) is 16.8. The lowest BCUT2D eigenvalue weighted by atomic mass is 10.1. The molecule has 0 amide bonds.